The van der Waals surface area contributed by atoms with Gasteiger partial charge < -0.3 is 23.5 Å². The molecule has 0 bridgehead atoms. The molecule has 7 heteroatoms. The predicted octanol–water partition coefficient (Wildman–Crippen LogP) is 3.01. The lowest BCUT2D eigenvalue weighted by atomic mass is 9.85. The maximum absolute atomic E-state index is 13.2. The van der Waals surface area contributed by atoms with Crippen LogP contribution >= 0.6 is 0 Å². The monoisotopic (exact) mass is 395 g/mol. The Balaban J connectivity index is 2.02. The van der Waals surface area contributed by atoms with Gasteiger partial charge in [0.25, 0.3) is 5.56 Å². The lowest BCUT2D eigenvalue weighted by Crippen LogP contribution is -2.31. The summed E-state index contributed by atoms with van der Waals surface area (Å²) in [5.74, 6) is 0.792. The maximum atomic E-state index is 13.2. The minimum atomic E-state index is -0.497. The van der Waals surface area contributed by atoms with Crippen LogP contribution in [0, 0.1) is 0 Å². The zero-order valence-corrected chi connectivity index (χ0v) is 16.6. The smallest absolute Gasteiger partial charge is 0.312 e. The first kappa shape index (κ1) is 18.9. The summed E-state index contributed by atoms with van der Waals surface area (Å²) in [6, 6.07) is 10.9. The van der Waals surface area contributed by atoms with Crippen molar-refractivity contribution < 1.29 is 23.7 Å². The van der Waals surface area contributed by atoms with E-state index in [1.165, 1.54) is 21.3 Å². The van der Waals surface area contributed by atoms with Crippen molar-refractivity contribution in [2.45, 2.75) is 12.3 Å². The lowest BCUT2D eigenvalue weighted by Gasteiger charge is -2.27. The van der Waals surface area contributed by atoms with Crippen LogP contribution in [0.15, 0.2) is 41.2 Å². The molecule has 0 fully saturated rings. The minimum Gasteiger partial charge on any atom is -0.493 e. The predicted molar refractivity (Wildman–Crippen MR) is 107 cm³/mol. The standard InChI is InChI=1S/C22H21NO6/c1-23-15-8-6-5-7-13(15)20-19(22(23)25)14(11-18(24)29-20)12-9-16(26-2)21(28-4)17(10-12)27-3/h5-10,14H,11H2,1-4H3/t14-/m1/s1. The Morgan fingerprint density at radius 2 is 1.66 bits per heavy atom. The Kier molecular flexibility index (Phi) is 4.66. The number of esters is 1. The number of para-hydroxylation sites is 1. The number of hydrogen-bond donors (Lipinski definition) is 0. The highest BCUT2D eigenvalue weighted by molar-refractivity contribution is 5.91. The van der Waals surface area contributed by atoms with Gasteiger partial charge in [-0.25, -0.2) is 0 Å². The average molecular weight is 395 g/mol. The summed E-state index contributed by atoms with van der Waals surface area (Å²) in [6.07, 6.45) is 0.0409. The average Bonchev–Trinajstić information content (AvgIpc) is 2.75. The Morgan fingerprint density at radius 1 is 1.00 bits per heavy atom. The molecule has 0 unspecified atom stereocenters. The summed E-state index contributed by atoms with van der Waals surface area (Å²) < 4.78 is 23.4. The number of benzene rings is 2. The summed E-state index contributed by atoms with van der Waals surface area (Å²) >= 11 is 0. The Labute approximate surface area is 167 Å². The first-order valence-electron chi connectivity index (χ1n) is 9.12. The first-order valence-corrected chi connectivity index (χ1v) is 9.12. The molecule has 29 heavy (non-hydrogen) atoms. The number of ether oxygens (including phenoxy) is 4. The Bertz CT molecular complexity index is 1150. The number of fused-ring (bicyclic) bond motifs is 3. The molecule has 0 amide bonds. The molecular weight excluding hydrogens is 374 g/mol. The zero-order chi connectivity index (χ0) is 20.7. The third-order valence-corrected chi connectivity index (χ3v) is 5.31. The van der Waals surface area contributed by atoms with Gasteiger partial charge in [0.2, 0.25) is 5.75 Å². The van der Waals surface area contributed by atoms with Crippen LogP contribution in [0.2, 0.25) is 0 Å². The highest BCUT2D eigenvalue weighted by atomic mass is 16.5. The van der Waals surface area contributed by atoms with Crippen LogP contribution in [0.25, 0.3) is 10.9 Å². The molecule has 2 heterocycles. The van der Waals surface area contributed by atoms with E-state index >= 15 is 0 Å². The summed E-state index contributed by atoms with van der Waals surface area (Å²) in [5, 5.41) is 0.718. The quantitative estimate of drug-likeness (QED) is 0.632. The van der Waals surface area contributed by atoms with Gasteiger partial charge in [-0.3, -0.25) is 9.59 Å². The van der Waals surface area contributed by atoms with Crippen molar-refractivity contribution in [3.05, 3.63) is 57.9 Å². The largest absolute Gasteiger partial charge is 0.493 e. The van der Waals surface area contributed by atoms with Crippen LogP contribution in [0.1, 0.15) is 23.5 Å². The molecule has 0 spiro atoms. The molecular formula is C22H21NO6. The second-order valence-corrected chi connectivity index (χ2v) is 6.81. The summed E-state index contributed by atoms with van der Waals surface area (Å²) in [6.45, 7) is 0. The van der Waals surface area contributed by atoms with Crippen molar-refractivity contribution in [1.29, 1.82) is 0 Å². The molecule has 4 rings (SSSR count). The molecule has 0 saturated heterocycles. The van der Waals surface area contributed by atoms with E-state index in [0.29, 0.717) is 39.6 Å². The van der Waals surface area contributed by atoms with Gasteiger partial charge >= 0.3 is 5.97 Å². The van der Waals surface area contributed by atoms with Crippen LogP contribution in [-0.4, -0.2) is 31.9 Å². The molecule has 0 N–H and O–H groups in total. The van der Waals surface area contributed by atoms with Gasteiger partial charge in [-0.1, -0.05) is 12.1 Å². The summed E-state index contributed by atoms with van der Waals surface area (Å²) in [5.41, 5.74) is 1.66. The number of nitrogens with zero attached hydrogens (tertiary/aromatic N) is 1. The van der Waals surface area contributed by atoms with E-state index in [4.69, 9.17) is 18.9 Å². The fourth-order valence-corrected chi connectivity index (χ4v) is 3.92. The Hall–Kier alpha value is -3.48. The molecule has 2 aromatic carbocycles. The number of carbonyl (C=O) groups is 1. The number of aryl methyl sites for hydroxylation is 1. The fourth-order valence-electron chi connectivity index (χ4n) is 3.92. The molecule has 0 aliphatic carbocycles. The van der Waals surface area contributed by atoms with Crippen LogP contribution < -0.4 is 24.5 Å². The van der Waals surface area contributed by atoms with E-state index in [9.17, 15) is 9.59 Å². The number of carbonyl (C=O) groups excluding carboxylic acids is 1. The minimum absolute atomic E-state index is 0.0409. The van der Waals surface area contributed by atoms with E-state index in [0.717, 1.165) is 5.39 Å². The summed E-state index contributed by atoms with van der Waals surface area (Å²) in [4.78, 5) is 25.7. The molecule has 150 valence electrons. The number of aromatic nitrogens is 1. The number of pyridine rings is 1. The molecule has 0 radical (unpaired) electrons. The third kappa shape index (κ3) is 2.90. The molecule has 1 aromatic heterocycles. The molecule has 0 saturated carbocycles. The van der Waals surface area contributed by atoms with Gasteiger partial charge in [-0.15, -0.1) is 0 Å². The van der Waals surface area contributed by atoms with E-state index in [1.54, 1.807) is 23.7 Å². The topological polar surface area (TPSA) is 76.0 Å². The lowest BCUT2D eigenvalue weighted by molar-refractivity contribution is -0.135. The van der Waals surface area contributed by atoms with Crippen LogP contribution in [0.4, 0.5) is 0 Å². The van der Waals surface area contributed by atoms with Crippen LogP contribution in [0.5, 0.6) is 23.0 Å². The van der Waals surface area contributed by atoms with Gasteiger partial charge in [-0.2, -0.15) is 0 Å². The van der Waals surface area contributed by atoms with Crippen molar-refractivity contribution in [3.8, 4) is 23.0 Å². The fraction of sp³-hybridized carbons (Fsp3) is 0.273. The number of methoxy groups -OCH3 is 3. The van der Waals surface area contributed by atoms with Gasteiger partial charge in [0, 0.05) is 18.4 Å². The first-order chi connectivity index (χ1) is 14.0. The van der Waals surface area contributed by atoms with Gasteiger partial charge in [-0.05, 0) is 29.8 Å². The van der Waals surface area contributed by atoms with E-state index in [2.05, 4.69) is 0 Å². The van der Waals surface area contributed by atoms with Crippen molar-refractivity contribution in [1.82, 2.24) is 4.57 Å². The van der Waals surface area contributed by atoms with Crippen LogP contribution in [0.3, 0.4) is 0 Å². The normalized spacial score (nSPS) is 15.6. The molecule has 3 aromatic rings. The van der Waals surface area contributed by atoms with Crippen molar-refractivity contribution in [2.75, 3.05) is 21.3 Å². The van der Waals surface area contributed by atoms with E-state index in [1.807, 2.05) is 24.3 Å². The van der Waals surface area contributed by atoms with E-state index in [-0.39, 0.29) is 12.0 Å². The molecule has 7 nitrogen and oxygen atoms in total. The van der Waals surface area contributed by atoms with Gasteiger partial charge in [0.05, 0.1) is 38.8 Å². The second kappa shape index (κ2) is 7.16. The van der Waals surface area contributed by atoms with Crippen molar-refractivity contribution in [2.24, 2.45) is 7.05 Å². The maximum Gasteiger partial charge on any atom is 0.312 e. The van der Waals surface area contributed by atoms with Gasteiger partial charge in [0.15, 0.2) is 11.5 Å². The summed E-state index contributed by atoms with van der Waals surface area (Å²) in [7, 11) is 6.29. The van der Waals surface area contributed by atoms with Crippen molar-refractivity contribution >= 4 is 16.9 Å². The zero-order valence-electron chi connectivity index (χ0n) is 16.6. The highest BCUT2D eigenvalue weighted by Gasteiger charge is 2.34. The number of hydrogen-bond acceptors (Lipinski definition) is 6. The molecule has 1 aliphatic heterocycles. The van der Waals surface area contributed by atoms with Gasteiger partial charge in [0.1, 0.15) is 5.75 Å². The van der Waals surface area contributed by atoms with Crippen LogP contribution in [-0.2, 0) is 11.8 Å². The van der Waals surface area contributed by atoms with Crippen molar-refractivity contribution in [3.63, 3.8) is 0 Å². The Morgan fingerprint density at radius 3 is 2.28 bits per heavy atom. The molecule has 1 aliphatic rings. The highest BCUT2D eigenvalue weighted by Crippen LogP contribution is 2.45. The second-order valence-electron chi connectivity index (χ2n) is 6.81. The SMILES string of the molecule is COc1cc([C@H]2CC(=O)Oc3c2c(=O)n(C)c2ccccc32)cc(OC)c1OC. The van der Waals surface area contributed by atoms with E-state index < -0.39 is 11.9 Å². The number of rotatable bonds is 4. The molecule has 1 atom stereocenters. The third-order valence-electron chi connectivity index (χ3n) is 5.31.